The van der Waals surface area contributed by atoms with Gasteiger partial charge in [-0.3, -0.25) is 0 Å². The van der Waals surface area contributed by atoms with Crippen LogP contribution < -0.4 is 5.73 Å². The van der Waals surface area contributed by atoms with Gasteiger partial charge in [-0.25, -0.2) is 0 Å². The van der Waals surface area contributed by atoms with Crippen LogP contribution in [0.4, 0.5) is 0 Å². The normalized spacial score (nSPS) is 30.3. The Bertz CT molecular complexity index is 110. The van der Waals surface area contributed by atoms with Gasteiger partial charge in [0.2, 0.25) is 0 Å². The lowest BCUT2D eigenvalue weighted by atomic mass is 9.88. The quantitative estimate of drug-likeness (QED) is 0.672. The summed E-state index contributed by atoms with van der Waals surface area (Å²) in [5.74, 6) is 1.26. The minimum Gasteiger partial charge on any atom is -0.381 e. The highest BCUT2D eigenvalue weighted by molar-refractivity contribution is 4.79. The van der Waals surface area contributed by atoms with E-state index in [0.29, 0.717) is 17.9 Å². The van der Waals surface area contributed by atoms with Crippen LogP contribution in [0.2, 0.25) is 0 Å². The van der Waals surface area contributed by atoms with Crippen molar-refractivity contribution in [2.24, 2.45) is 17.6 Å². The van der Waals surface area contributed by atoms with Gasteiger partial charge in [-0.15, -0.1) is 0 Å². The fraction of sp³-hybridized carbons (Fsp3) is 1.00. The Labute approximate surface area is 69.1 Å². The van der Waals surface area contributed by atoms with E-state index in [0.717, 1.165) is 19.6 Å². The van der Waals surface area contributed by atoms with Crippen LogP contribution in [0.25, 0.3) is 0 Å². The molecule has 0 aromatic rings. The van der Waals surface area contributed by atoms with Gasteiger partial charge in [0, 0.05) is 12.6 Å². The summed E-state index contributed by atoms with van der Waals surface area (Å²) in [7, 11) is 0. The summed E-state index contributed by atoms with van der Waals surface area (Å²) in [5, 5.41) is 0. The van der Waals surface area contributed by atoms with Crippen molar-refractivity contribution in [3.63, 3.8) is 0 Å². The van der Waals surface area contributed by atoms with Gasteiger partial charge in [0.1, 0.15) is 0 Å². The Morgan fingerprint density at radius 2 is 2.36 bits per heavy atom. The summed E-state index contributed by atoms with van der Waals surface area (Å²) in [6.45, 7) is 6.21. The smallest absolute Gasteiger partial charge is 0.0510 e. The van der Waals surface area contributed by atoms with Crippen molar-refractivity contribution in [2.75, 3.05) is 13.2 Å². The van der Waals surface area contributed by atoms with Crippen LogP contribution >= 0.6 is 0 Å². The first-order chi connectivity index (χ1) is 5.25. The molecule has 3 atom stereocenters. The fourth-order valence-corrected chi connectivity index (χ4v) is 1.59. The van der Waals surface area contributed by atoms with Crippen LogP contribution in [-0.4, -0.2) is 19.3 Å². The molecule has 2 N–H and O–H groups in total. The minimum absolute atomic E-state index is 0.350. The maximum Gasteiger partial charge on any atom is 0.0510 e. The zero-order valence-electron chi connectivity index (χ0n) is 7.55. The maximum absolute atomic E-state index is 6.05. The molecule has 2 heteroatoms. The third-order valence-corrected chi connectivity index (χ3v) is 2.81. The van der Waals surface area contributed by atoms with Crippen molar-refractivity contribution in [3.8, 4) is 0 Å². The molecular formula is C9H19NO. The Balaban J connectivity index is 2.32. The van der Waals surface area contributed by atoms with Crippen LogP contribution in [-0.2, 0) is 4.74 Å². The second-order valence-electron chi connectivity index (χ2n) is 3.59. The van der Waals surface area contributed by atoms with E-state index in [2.05, 4.69) is 13.8 Å². The average Bonchev–Trinajstić information content (AvgIpc) is 2.53. The van der Waals surface area contributed by atoms with Gasteiger partial charge in [-0.2, -0.15) is 0 Å². The van der Waals surface area contributed by atoms with Crippen LogP contribution in [0, 0.1) is 11.8 Å². The van der Waals surface area contributed by atoms with E-state index in [1.165, 1.54) is 6.42 Å². The SMILES string of the molecule is CCC(C)C(N)C1CCOC1. The number of hydrogen-bond acceptors (Lipinski definition) is 2. The highest BCUT2D eigenvalue weighted by Gasteiger charge is 2.25. The molecule has 11 heavy (non-hydrogen) atoms. The largest absolute Gasteiger partial charge is 0.381 e. The molecule has 1 aliphatic rings. The molecule has 1 rings (SSSR count). The molecule has 0 bridgehead atoms. The highest BCUT2D eigenvalue weighted by atomic mass is 16.5. The van der Waals surface area contributed by atoms with Gasteiger partial charge in [-0.05, 0) is 18.3 Å². The second-order valence-corrected chi connectivity index (χ2v) is 3.59. The van der Waals surface area contributed by atoms with E-state index in [9.17, 15) is 0 Å². The van der Waals surface area contributed by atoms with E-state index in [1.54, 1.807) is 0 Å². The number of hydrogen-bond donors (Lipinski definition) is 1. The Morgan fingerprint density at radius 3 is 2.82 bits per heavy atom. The van der Waals surface area contributed by atoms with E-state index in [1.807, 2.05) is 0 Å². The van der Waals surface area contributed by atoms with E-state index >= 15 is 0 Å². The summed E-state index contributed by atoms with van der Waals surface area (Å²) in [6, 6.07) is 0.350. The fourth-order valence-electron chi connectivity index (χ4n) is 1.59. The molecule has 1 heterocycles. The second kappa shape index (κ2) is 4.07. The number of rotatable bonds is 3. The summed E-state index contributed by atoms with van der Waals surface area (Å²) < 4.78 is 5.29. The van der Waals surface area contributed by atoms with Crippen LogP contribution in [0.3, 0.4) is 0 Å². The predicted molar refractivity (Wildman–Crippen MR) is 46.4 cm³/mol. The van der Waals surface area contributed by atoms with Crippen molar-refractivity contribution in [1.82, 2.24) is 0 Å². The first-order valence-corrected chi connectivity index (χ1v) is 4.59. The Hall–Kier alpha value is -0.0800. The Morgan fingerprint density at radius 1 is 1.64 bits per heavy atom. The van der Waals surface area contributed by atoms with Crippen molar-refractivity contribution in [3.05, 3.63) is 0 Å². The van der Waals surface area contributed by atoms with Crippen molar-refractivity contribution >= 4 is 0 Å². The molecule has 0 spiro atoms. The zero-order chi connectivity index (χ0) is 8.27. The molecule has 1 aliphatic heterocycles. The maximum atomic E-state index is 6.05. The number of ether oxygens (including phenoxy) is 1. The molecule has 66 valence electrons. The first kappa shape index (κ1) is 9.01. The van der Waals surface area contributed by atoms with Crippen molar-refractivity contribution in [1.29, 1.82) is 0 Å². The highest BCUT2D eigenvalue weighted by Crippen LogP contribution is 2.21. The van der Waals surface area contributed by atoms with E-state index in [-0.39, 0.29) is 0 Å². The van der Waals surface area contributed by atoms with Gasteiger partial charge in [-0.1, -0.05) is 20.3 Å². The van der Waals surface area contributed by atoms with Gasteiger partial charge in [0.05, 0.1) is 6.61 Å². The van der Waals surface area contributed by atoms with Gasteiger partial charge < -0.3 is 10.5 Å². The molecule has 2 nitrogen and oxygen atoms in total. The third-order valence-electron chi connectivity index (χ3n) is 2.81. The molecule has 3 unspecified atom stereocenters. The van der Waals surface area contributed by atoms with Crippen molar-refractivity contribution in [2.45, 2.75) is 32.7 Å². The minimum atomic E-state index is 0.350. The molecule has 0 amide bonds. The molecule has 1 fully saturated rings. The standard InChI is InChI=1S/C9H19NO/c1-3-7(2)9(10)8-4-5-11-6-8/h7-9H,3-6,10H2,1-2H3. The molecule has 0 aromatic carbocycles. The molecule has 0 saturated carbocycles. The third kappa shape index (κ3) is 2.17. The summed E-state index contributed by atoms with van der Waals surface area (Å²) in [6.07, 6.45) is 2.34. The lowest BCUT2D eigenvalue weighted by molar-refractivity contribution is 0.174. The van der Waals surface area contributed by atoms with E-state index in [4.69, 9.17) is 10.5 Å². The van der Waals surface area contributed by atoms with Gasteiger partial charge in [0.25, 0.3) is 0 Å². The van der Waals surface area contributed by atoms with Crippen LogP contribution in [0.5, 0.6) is 0 Å². The molecular weight excluding hydrogens is 138 g/mol. The predicted octanol–water partition coefficient (Wildman–Crippen LogP) is 1.40. The number of nitrogens with two attached hydrogens (primary N) is 1. The van der Waals surface area contributed by atoms with Gasteiger partial charge in [0.15, 0.2) is 0 Å². The summed E-state index contributed by atoms with van der Waals surface area (Å²) >= 11 is 0. The zero-order valence-corrected chi connectivity index (χ0v) is 7.55. The summed E-state index contributed by atoms with van der Waals surface area (Å²) in [4.78, 5) is 0. The molecule has 0 aromatic heterocycles. The average molecular weight is 157 g/mol. The lowest BCUT2D eigenvalue weighted by Gasteiger charge is -2.23. The lowest BCUT2D eigenvalue weighted by Crippen LogP contribution is -2.36. The van der Waals surface area contributed by atoms with E-state index < -0.39 is 0 Å². The Kier molecular flexibility index (Phi) is 3.34. The van der Waals surface area contributed by atoms with Crippen LogP contribution in [0.15, 0.2) is 0 Å². The monoisotopic (exact) mass is 157 g/mol. The topological polar surface area (TPSA) is 35.2 Å². The van der Waals surface area contributed by atoms with Gasteiger partial charge >= 0.3 is 0 Å². The van der Waals surface area contributed by atoms with Crippen LogP contribution in [0.1, 0.15) is 26.7 Å². The summed E-state index contributed by atoms with van der Waals surface area (Å²) in [5.41, 5.74) is 6.05. The molecule has 0 aliphatic carbocycles. The van der Waals surface area contributed by atoms with Crippen molar-refractivity contribution < 1.29 is 4.74 Å². The molecule has 1 saturated heterocycles. The first-order valence-electron chi connectivity index (χ1n) is 4.59. The molecule has 0 radical (unpaired) electrons.